The highest BCUT2D eigenvalue weighted by Gasteiger charge is 2.53. The van der Waals surface area contributed by atoms with Gasteiger partial charge >= 0.3 is 0 Å². The lowest BCUT2D eigenvalue weighted by Crippen LogP contribution is -1.97. The summed E-state index contributed by atoms with van der Waals surface area (Å²) in [4.78, 5) is 0. The second kappa shape index (κ2) is 5.23. The second-order valence-electron chi connectivity index (χ2n) is 4.48. The number of nitrogens with zero attached hydrogens (tertiary/aromatic N) is 2. The number of alkyl halides is 2. The summed E-state index contributed by atoms with van der Waals surface area (Å²) in [5, 5.41) is 8.03. The predicted molar refractivity (Wildman–Crippen MR) is 80.4 cm³/mol. The van der Waals surface area contributed by atoms with Crippen LogP contribution in [-0.4, -0.2) is 14.5 Å². The van der Waals surface area contributed by atoms with E-state index in [9.17, 15) is 0 Å². The van der Waals surface area contributed by atoms with Gasteiger partial charge in [0.15, 0.2) is 5.15 Å². The zero-order valence-electron chi connectivity index (χ0n) is 9.99. The molecule has 2 aromatic rings. The number of aromatic nitrogens is 2. The first-order chi connectivity index (χ1) is 9.47. The smallest absolute Gasteiger partial charge is 0.257 e. The first-order valence-electron chi connectivity index (χ1n) is 5.81. The fourth-order valence-electron chi connectivity index (χ4n) is 1.92. The molecule has 1 unspecified atom stereocenters. The highest BCUT2D eigenvalue weighted by molar-refractivity contribution is 6.51. The minimum atomic E-state index is -0.727. The van der Waals surface area contributed by atoms with E-state index in [2.05, 4.69) is 10.2 Å². The molecule has 3 rings (SSSR count). The summed E-state index contributed by atoms with van der Waals surface area (Å²) in [5.41, 5.74) is 0.922. The normalized spacial score (nSPS) is 19.7. The van der Waals surface area contributed by atoms with E-state index in [1.807, 2.05) is 24.3 Å². The highest BCUT2D eigenvalue weighted by Crippen LogP contribution is 2.61. The minimum Gasteiger partial charge on any atom is -0.436 e. The molecule has 1 aliphatic carbocycles. The van der Waals surface area contributed by atoms with Gasteiger partial charge in [-0.15, -0.1) is 33.4 Å². The van der Waals surface area contributed by atoms with E-state index >= 15 is 0 Å². The van der Waals surface area contributed by atoms with Crippen molar-refractivity contribution in [3.8, 4) is 11.6 Å². The molecule has 1 saturated carbocycles. The molecule has 0 spiro atoms. The van der Waals surface area contributed by atoms with Gasteiger partial charge < -0.3 is 4.74 Å². The summed E-state index contributed by atoms with van der Waals surface area (Å²) in [6, 6.07) is 8.95. The van der Waals surface area contributed by atoms with E-state index < -0.39 is 4.33 Å². The Kier molecular flexibility index (Phi) is 3.71. The quantitative estimate of drug-likeness (QED) is 0.711. The Morgan fingerprint density at radius 1 is 1.15 bits per heavy atom. The zero-order valence-corrected chi connectivity index (χ0v) is 13.0. The van der Waals surface area contributed by atoms with E-state index in [0.717, 1.165) is 5.56 Å². The summed E-state index contributed by atoms with van der Waals surface area (Å²) < 4.78 is 4.98. The number of para-hydroxylation sites is 1. The molecule has 7 heteroatoms. The molecule has 0 N–H and O–H groups in total. The molecule has 0 radical (unpaired) electrons. The molecule has 0 aliphatic heterocycles. The monoisotopic (exact) mass is 348 g/mol. The lowest BCUT2D eigenvalue weighted by Gasteiger charge is -2.11. The van der Waals surface area contributed by atoms with Gasteiger partial charge in [0.1, 0.15) is 15.1 Å². The first-order valence-corrected chi connectivity index (χ1v) is 7.32. The van der Waals surface area contributed by atoms with Crippen molar-refractivity contribution in [1.29, 1.82) is 0 Å². The van der Waals surface area contributed by atoms with Gasteiger partial charge in [0.2, 0.25) is 0 Å². The Labute approximate surface area is 135 Å². The van der Waals surface area contributed by atoms with Gasteiger partial charge in [-0.3, -0.25) is 0 Å². The SMILES string of the molecule is Clc1cc(Cl)c(Oc2ccccc2C2CC2(Cl)Cl)nn1. The third-order valence-corrected chi connectivity index (χ3v) is 4.30. The molecule has 1 aromatic heterocycles. The Bertz CT molecular complexity index is 663. The average Bonchev–Trinajstić information content (AvgIpc) is 3.02. The summed E-state index contributed by atoms with van der Waals surface area (Å²) in [6.07, 6.45) is 0.691. The molecule has 0 amide bonds. The molecule has 1 fully saturated rings. The van der Waals surface area contributed by atoms with Crippen molar-refractivity contribution in [2.75, 3.05) is 0 Å². The summed E-state index contributed by atoms with van der Waals surface area (Å²) >= 11 is 23.9. The van der Waals surface area contributed by atoms with Crippen LogP contribution in [0.25, 0.3) is 0 Å². The molecule has 1 heterocycles. The summed E-state index contributed by atoms with van der Waals surface area (Å²) in [5.74, 6) is 0.846. The Balaban J connectivity index is 1.91. The van der Waals surface area contributed by atoms with Gasteiger partial charge in [-0.25, -0.2) is 0 Å². The van der Waals surface area contributed by atoms with Crippen LogP contribution in [0.2, 0.25) is 10.2 Å². The van der Waals surface area contributed by atoms with Gasteiger partial charge in [-0.2, -0.15) is 0 Å². The standard InChI is InChI=1S/C13H8Cl4N2O/c14-9-5-11(15)18-19-12(9)20-10-4-2-1-3-7(10)8-6-13(8,16)17/h1-5,8H,6H2. The van der Waals surface area contributed by atoms with E-state index in [0.29, 0.717) is 17.2 Å². The van der Waals surface area contributed by atoms with Crippen molar-refractivity contribution in [3.05, 3.63) is 46.1 Å². The summed E-state index contributed by atoms with van der Waals surface area (Å²) in [7, 11) is 0. The number of halogens is 4. The van der Waals surface area contributed by atoms with E-state index in [4.69, 9.17) is 51.1 Å². The molecular weight excluding hydrogens is 342 g/mol. The molecule has 1 aromatic carbocycles. The van der Waals surface area contributed by atoms with Crippen molar-refractivity contribution in [3.63, 3.8) is 0 Å². The lowest BCUT2D eigenvalue weighted by molar-refractivity contribution is 0.450. The van der Waals surface area contributed by atoms with Gasteiger partial charge in [0.05, 0.1) is 0 Å². The fraction of sp³-hybridized carbons (Fsp3) is 0.231. The van der Waals surface area contributed by atoms with Crippen molar-refractivity contribution < 1.29 is 4.74 Å². The Morgan fingerprint density at radius 3 is 2.50 bits per heavy atom. The number of ether oxygens (including phenoxy) is 1. The van der Waals surface area contributed by atoms with Crippen LogP contribution in [-0.2, 0) is 0 Å². The van der Waals surface area contributed by atoms with Crippen LogP contribution < -0.4 is 4.74 Å². The molecule has 1 atom stereocenters. The van der Waals surface area contributed by atoms with Gasteiger partial charge in [-0.1, -0.05) is 41.4 Å². The van der Waals surface area contributed by atoms with Crippen molar-refractivity contribution in [1.82, 2.24) is 10.2 Å². The molecule has 3 nitrogen and oxygen atoms in total. The Morgan fingerprint density at radius 2 is 1.85 bits per heavy atom. The van der Waals surface area contributed by atoms with E-state index in [-0.39, 0.29) is 17.0 Å². The molecule has 1 aliphatic rings. The minimum absolute atomic E-state index is 0.0427. The molecular formula is C13H8Cl4N2O. The molecule has 0 saturated heterocycles. The maximum atomic E-state index is 6.11. The third kappa shape index (κ3) is 2.82. The van der Waals surface area contributed by atoms with Crippen LogP contribution in [0.3, 0.4) is 0 Å². The van der Waals surface area contributed by atoms with Gasteiger partial charge in [0.25, 0.3) is 5.88 Å². The van der Waals surface area contributed by atoms with E-state index in [1.54, 1.807) is 0 Å². The number of hydrogen-bond donors (Lipinski definition) is 0. The zero-order chi connectivity index (χ0) is 14.3. The maximum Gasteiger partial charge on any atom is 0.257 e. The summed E-state index contributed by atoms with van der Waals surface area (Å²) in [6.45, 7) is 0. The van der Waals surface area contributed by atoms with Crippen LogP contribution in [0.1, 0.15) is 17.9 Å². The molecule has 104 valence electrons. The van der Waals surface area contributed by atoms with Crippen molar-refractivity contribution in [2.24, 2.45) is 0 Å². The first kappa shape index (κ1) is 14.2. The molecule has 0 bridgehead atoms. The van der Waals surface area contributed by atoms with E-state index in [1.165, 1.54) is 6.07 Å². The second-order valence-corrected chi connectivity index (χ2v) is 6.81. The third-order valence-electron chi connectivity index (χ3n) is 3.01. The van der Waals surface area contributed by atoms with Crippen LogP contribution >= 0.6 is 46.4 Å². The topological polar surface area (TPSA) is 35.0 Å². The largest absolute Gasteiger partial charge is 0.436 e. The van der Waals surface area contributed by atoms with Crippen LogP contribution in [0.15, 0.2) is 30.3 Å². The fourth-order valence-corrected chi connectivity index (χ4v) is 2.85. The predicted octanol–water partition coefficient (Wildman–Crippen LogP) is 5.24. The van der Waals surface area contributed by atoms with Crippen molar-refractivity contribution >= 4 is 46.4 Å². The average molecular weight is 350 g/mol. The van der Waals surface area contributed by atoms with Gasteiger partial charge in [0, 0.05) is 17.5 Å². The maximum absolute atomic E-state index is 6.11. The Hall–Kier alpha value is -0.740. The van der Waals surface area contributed by atoms with Crippen LogP contribution in [0.4, 0.5) is 0 Å². The highest BCUT2D eigenvalue weighted by atomic mass is 35.5. The van der Waals surface area contributed by atoms with Gasteiger partial charge in [-0.05, 0) is 12.5 Å². The number of benzene rings is 1. The molecule has 20 heavy (non-hydrogen) atoms. The lowest BCUT2D eigenvalue weighted by atomic mass is 10.1. The van der Waals surface area contributed by atoms with Crippen molar-refractivity contribution in [2.45, 2.75) is 16.7 Å². The number of rotatable bonds is 3. The van der Waals surface area contributed by atoms with Crippen LogP contribution in [0, 0.1) is 0 Å². The van der Waals surface area contributed by atoms with Crippen LogP contribution in [0.5, 0.6) is 11.6 Å². The number of hydrogen-bond acceptors (Lipinski definition) is 3.